The van der Waals surface area contributed by atoms with Crippen molar-refractivity contribution in [3.8, 4) is 11.6 Å². The van der Waals surface area contributed by atoms with Gasteiger partial charge in [-0.25, -0.2) is 4.98 Å². The molecule has 0 radical (unpaired) electrons. The minimum atomic E-state index is -0.643. The fourth-order valence-electron chi connectivity index (χ4n) is 1.74. The summed E-state index contributed by atoms with van der Waals surface area (Å²) in [5.41, 5.74) is 0.528. The van der Waals surface area contributed by atoms with E-state index in [1.165, 1.54) is 0 Å². The Morgan fingerprint density at radius 2 is 2.05 bits per heavy atom. The second-order valence-electron chi connectivity index (χ2n) is 4.49. The van der Waals surface area contributed by atoms with Crippen LogP contribution in [-0.2, 0) is 4.79 Å². The highest BCUT2D eigenvalue weighted by molar-refractivity contribution is 9.10. The number of rotatable bonds is 6. The highest BCUT2D eigenvalue weighted by Gasteiger charge is 2.17. The molecular formula is C16H17BrN2O3. The van der Waals surface area contributed by atoms with E-state index in [0.717, 1.165) is 4.47 Å². The summed E-state index contributed by atoms with van der Waals surface area (Å²) >= 11 is 3.35. The molecule has 2 aromatic rings. The van der Waals surface area contributed by atoms with Crippen LogP contribution in [0.2, 0.25) is 0 Å². The molecule has 5 nitrogen and oxygen atoms in total. The molecule has 2 rings (SSSR count). The third kappa shape index (κ3) is 4.46. The number of amides is 1. The molecule has 0 saturated carbocycles. The molecule has 0 aliphatic carbocycles. The maximum Gasteiger partial charge on any atom is 0.265 e. The van der Waals surface area contributed by atoms with E-state index in [2.05, 4.69) is 26.2 Å². The summed E-state index contributed by atoms with van der Waals surface area (Å²) in [7, 11) is 0. The minimum absolute atomic E-state index is 0.267. The first kappa shape index (κ1) is 16.3. The zero-order valence-corrected chi connectivity index (χ0v) is 14.0. The van der Waals surface area contributed by atoms with Gasteiger partial charge in [0, 0.05) is 10.7 Å². The highest BCUT2D eigenvalue weighted by atomic mass is 79.9. The lowest BCUT2D eigenvalue weighted by atomic mass is 10.3. The van der Waals surface area contributed by atoms with Crippen LogP contribution in [0.1, 0.15) is 13.8 Å². The van der Waals surface area contributed by atoms with E-state index >= 15 is 0 Å². The molecule has 1 aromatic carbocycles. The lowest BCUT2D eigenvalue weighted by Crippen LogP contribution is -2.30. The number of aromatic nitrogens is 1. The van der Waals surface area contributed by atoms with Crippen molar-refractivity contribution < 1.29 is 14.3 Å². The summed E-state index contributed by atoms with van der Waals surface area (Å²) in [5, 5.41) is 2.77. The number of pyridine rings is 1. The molecule has 0 saturated heterocycles. The van der Waals surface area contributed by atoms with Gasteiger partial charge in [0.1, 0.15) is 11.4 Å². The average molecular weight is 365 g/mol. The molecule has 1 heterocycles. The molecule has 0 aliphatic heterocycles. The molecule has 116 valence electrons. The molecular weight excluding hydrogens is 348 g/mol. The van der Waals surface area contributed by atoms with Crippen molar-refractivity contribution in [3.63, 3.8) is 0 Å². The van der Waals surface area contributed by atoms with Gasteiger partial charge >= 0.3 is 0 Å². The predicted molar refractivity (Wildman–Crippen MR) is 88.3 cm³/mol. The molecule has 0 spiro atoms. The van der Waals surface area contributed by atoms with E-state index < -0.39 is 6.10 Å². The molecule has 1 aromatic heterocycles. The second kappa shape index (κ2) is 7.79. The molecule has 22 heavy (non-hydrogen) atoms. The number of nitrogens with zero attached hydrogens (tertiary/aromatic N) is 1. The Kier molecular flexibility index (Phi) is 5.77. The summed E-state index contributed by atoms with van der Waals surface area (Å²) in [5.74, 6) is 0.758. The van der Waals surface area contributed by atoms with E-state index in [4.69, 9.17) is 9.47 Å². The van der Waals surface area contributed by atoms with Crippen molar-refractivity contribution in [1.29, 1.82) is 0 Å². The van der Waals surface area contributed by atoms with Gasteiger partial charge in [-0.1, -0.05) is 15.9 Å². The van der Waals surface area contributed by atoms with Crippen LogP contribution >= 0.6 is 15.9 Å². The summed E-state index contributed by atoms with van der Waals surface area (Å²) in [6, 6.07) is 10.8. The van der Waals surface area contributed by atoms with Crippen LogP contribution in [0.5, 0.6) is 11.6 Å². The summed E-state index contributed by atoms with van der Waals surface area (Å²) in [6.07, 6.45) is 0.971. The predicted octanol–water partition coefficient (Wildman–Crippen LogP) is 3.65. The van der Waals surface area contributed by atoms with E-state index in [-0.39, 0.29) is 5.91 Å². The number of halogens is 1. The lowest BCUT2D eigenvalue weighted by molar-refractivity contribution is -0.122. The third-order valence-electron chi connectivity index (χ3n) is 2.81. The van der Waals surface area contributed by atoms with Crippen molar-refractivity contribution in [2.45, 2.75) is 20.0 Å². The summed E-state index contributed by atoms with van der Waals surface area (Å²) < 4.78 is 11.9. The first-order chi connectivity index (χ1) is 10.6. The van der Waals surface area contributed by atoms with Crippen LogP contribution in [0, 0.1) is 0 Å². The van der Waals surface area contributed by atoms with Crippen LogP contribution in [0.15, 0.2) is 47.1 Å². The number of anilines is 1. The monoisotopic (exact) mass is 364 g/mol. The number of benzene rings is 1. The Morgan fingerprint density at radius 1 is 1.32 bits per heavy atom. The number of carbonyl (C=O) groups is 1. The molecule has 0 fully saturated rings. The van der Waals surface area contributed by atoms with Crippen LogP contribution < -0.4 is 14.8 Å². The van der Waals surface area contributed by atoms with Crippen LogP contribution in [0.25, 0.3) is 0 Å². The molecule has 0 aliphatic rings. The standard InChI is InChI=1S/C16H17BrN2O3/c1-3-21-16-14(5-4-10-18-16)19-15(20)11(2)22-13-8-6-12(17)7-9-13/h4-11H,3H2,1-2H3,(H,19,20). The number of ether oxygens (including phenoxy) is 2. The quantitative estimate of drug-likeness (QED) is 0.849. The summed E-state index contributed by atoms with van der Waals surface area (Å²) in [4.78, 5) is 16.3. The molecule has 6 heteroatoms. The van der Waals surface area contributed by atoms with E-state index in [9.17, 15) is 4.79 Å². The SMILES string of the molecule is CCOc1ncccc1NC(=O)C(C)Oc1ccc(Br)cc1. The van der Waals surface area contributed by atoms with E-state index in [1.807, 2.05) is 19.1 Å². The van der Waals surface area contributed by atoms with E-state index in [0.29, 0.717) is 23.9 Å². The zero-order chi connectivity index (χ0) is 15.9. The van der Waals surface area contributed by atoms with Gasteiger partial charge in [0.05, 0.1) is 6.61 Å². The molecule has 1 unspecified atom stereocenters. The Bertz CT molecular complexity index is 632. The van der Waals surface area contributed by atoms with Gasteiger partial charge < -0.3 is 14.8 Å². The Morgan fingerprint density at radius 3 is 2.73 bits per heavy atom. The zero-order valence-electron chi connectivity index (χ0n) is 12.4. The fraction of sp³-hybridized carbons (Fsp3) is 0.250. The van der Waals surface area contributed by atoms with Gasteiger partial charge in [-0.15, -0.1) is 0 Å². The van der Waals surface area contributed by atoms with Gasteiger partial charge in [0.25, 0.3) is 5.91 Å². The maximum atomic E-state index is 12.2. The lowest BCUT2D eigenvalue weighted by Gasteiger charge is -2.16. The van der Waals surface area contributed by atoms with Crippen molar-refractivity contribution in [2.75, 3.05) is 11.9 Å². The average Bonchev–Trinajstić information content (AvgIpc) is 2.51. The van der Waals surface area contributed by atoms with Crippen molar-refractivity contribution in [2.24, 2.45) is 0 Å². The molecule has 0 bridgehead atoms. The van der Waals surface area contributed by atoms with Gasteiger partial charge in [-0.05, 0) is 50.2 Å². The molecule has 1 amide bonds. The number of nitrogens with one attached hydrogen (secondary N) is 1. The fourth-order valence-corrected chi connectivity index (χ4v) is 2.01. The van der Waals surface area contributed by atoms with Gasteiger partial charge in [0.15, 0.2) is 6.10 Å². The minimum Gasteiger partial charge on any atom is -0.481 e. The molecule has 1 atom stereocenters. The smallest absolute Gasteiger partial charge is 0.265 e. The Balaban J connectivity index is 2.01. The second-order valence-corrected chi connectivity index (χ2v) is 5.41. The van der Waals surface area contributed by atoms with Gasteiger partial charge in [0.2, 0.25) is 5.88 Å². The highest BCUT2D eigenvalue weighted by Crippen LogP contribution is 2.21. The number of hydrogen-bond acceptors (Lipinski definition) is 4. The maximum absolute atomic E-state index is 12.2. The van der Waals surface area contributed by atoms with Crippen molar-refractivity contribution in [1.82, 2.24) is 4.98 Å². The number of carbonyl (C=O) groups excluding carboxylic acids is 1. The van der Waals surface area contributed by atoms with E-state index in [1.54, 1.807) is 37.4 Å². The third-order valence-corrected chi connectivity index (χ3v) is 3.33. The first-order valence-corrected chi connectivity index (χ1v) is 7.70. The van der Waals surface area contributed by atoms with Gasteiger partial charge in [-0.2, -0.15) is 0 Å². The van der Waals surface area contributed by atoms with Crippen LogP contribution in [-0.4, -0.2) is 23.6 Å². The number of hydrogen-bond donors (Lipinski definition) is 1. The largest absolute Gasteiger partial charge is 0.481 e. The first-order valence-electron chi connectivity index (χ1n) is 6.91. The summed E-state index contributed by atoms with van der Waals surface area (Å²) in [6.45, 7) is 4.03. The normalized spacial score (nSPS) is 11.6. The molecule has 1 N–H and O–H groups in total. The van der Waals surface area contributed by atoms with Crippen molar-refractivity contribution >= 4 is 27.5 Å². The van der Waals surface area contributed by atoms with Crippen LogP contribution in [0.4, 0.5) is 5.69 Å². The Labute approximate surface area is 137 Å². The van der Waals surface area contributed by atoms with Crippen molar-refractivity contribution in [3.05, 3.63) is 47.1 Å². The topological polar surface area (TPSA) is 60.5 Å². The Hall–Kier alpha value is -2.08. The van der Waals surface area contributed by atoms with Crippen LogP contribution in [0.3, 0.4) is 0 Å². The van der Waals surface area contributed by atoms with Gasteiger partial charge in [-0.3, -0.25) is 4.79 Å².